The molecule has 0 aliphatic carbocycles. The number of ether oxygens (including phenoxy) is 1. The van der Waals surface area contributed by atoms with Crippen molar-refractivity contribution in [3.05, 3.63) is 52.6 Å². The van der Waals surface area contributed by atoms with Crippen molar-refractivity contribution in [2.75, 3.05) is 18.4 Å². The zero-order valence-corrected chi connectivity index (χ0v) is 18.4. The zero-order chi connectivity index (χ0) is 22.1. The Bertz CT molecular complexity index is 1320. The van der Waals surface area contributed by atoms with E-state index in [-0.39, 0.29) is 15.5 Å². The molecule has 13 heteroatoms. The second-order valence-electron chi connectivity index (χ2n) is 5.96. The van der Waals surface area contributed by atoms with Gasteiger partial charge in [-0.25, -0.2) is 16.8 Å². The molecule has 0 fully saturated rings. The van der Waals surface area contributed by atoms with Crippen LogP contribution in [0.3, 0.4) is 0 Å². The Hall–Kier alpha value is -2.31. The van der Waals surface area contributed by atoms with Crippen molar-refractivity contribution < 1.29 is 26.4 Å². The number of esters is 1. The van der Waals surface area contributed by atoms with Crippen molar-refractivity contribution in [3.63, 3.8) is 0 Å². The van der Waals surface area contributed by atoms with Crippen LogP contribution in [-0.4, -0.2) is 41.4 Å². The fourth-order valence-electron chi connectivity index (χ4n) is 2.56. The number of benzene rings is 2. The standard InChI is InChI=1S/C17H15Cl2N3O6S2/c1-28-15(23)9-21-29(24,25)10-2-4-11(5-3-10)30(26,27)22-14-7-6-12(18)16-13(19)8-20-17(14)16/h2-8,20-22H,9H2,1H3. The molecule has 1 heterocycles. The molecule has 0 saturated heterocycles. The number of hydrogen-bond acceptors (Lipinski definition) is 6. The number of fused-ring (bicyclic) bond motifs is 1. The predicted octanol–water partition coefficient (Wildman–Crippen LogP) is 2.73. The van der Waals surface area contributed by atoms with Crippen molar-refractivity contribution in [2.45, 2.75) is 9.79 Å². The number of nitrogens with one attached hydrogen (secondary N) is 3. The molecular weight excluding hydrogens is 477 g/mol. The van der Waals surface area contributed by atoms with E-state index < -0.39 is 32.6 Å². The Morgan fingerprint density at radius 2 is 1.57 bits per heavy atom. The molecule has 1 aromatic heterocycles. The highest BCUT2D eigenvalue weighted by molar-refractivity contribution is 7.92. The molecule has 2 aromatic carbocycles. The number of carbonyl (C=O) groups is 1. The Kier molecular flexibility index (Phi) is 6.29. The number of aromatic amines is 1. The molecule has 0 aliphatic heterocycles. The molecule has 0 atom stereocenters. The van der Waals surface area contributed by atoms with Gasteiger partial charge in [0.1, 0.15) is 6.54 Å². The van der Waals surface area contributed by atoms with Crippen LogP contribution in [0.4, 0.5) is 5.69 Å². The lowest BCUT2D eigenvalue weighted by molar-refractivity contribution is -0.139. The predicted molar refractivity (Wildman–Crippen MR) is 113 cm³/mol. The lowest BCUT2D eigenvalue weighted by atomic mass is 10.2. The smallest absolute Gasteiger partial charge is 0.320 e. The van der Waals surface area contributed by atoms with Crippen LogP contribution < -0.4 is 9.44 Å². The molecule has 9 nitrogen and oxygen atoms in total. The van der Waals surface area contributed by atoms with E-state index in [1.807, 2.05) is 0 Å². The quantitative estimate of drug-likeness (QED) is 0.434. The lowest BCUT2D eigenvalue weighted by Crippen LogP contribution is -2.30. The summed E-state index contributed by atoms with van der Waals surface area (Å²) < 4.78 is 58.7. The van der Waals surface area contributed by atoms with Crippen molar-refractivity contribution in [1.29, 1.82) is 0 Å². The summed E-state index contributed by atoms with van der Waals surface area (Å²) in [5.74, 6) is -0.763. The maximum absolute atomic E-state index is 12.7. The number of sulfonamides is 2. The summed E-state index contributed by atoms with van der Waals surface area (Å²) in [5, 5.41) is 1.16. The van der Waals surface area contributed by atoms with Gasteiger partial charge >= 0.3 is 5.97 Å². The Balaban J connectivity index is 1.86. The molecule has 3 N–H and O–H groups in total. The highest BCUT2D eigenvalue weighted by Crippen LogP contribution is 2.35. The SMILES string of the molecule is COC(=O)CNS(=O)(=O)c1ccc(S(=O)(=O)Nc2ccc(Cl)c3c(Cl)c[nH]c23)cc1. The molecule has 30 heavy (non-hydrogen) atoms. The molecule has 0 radical (unpaired) electrons. The number of rotatable bonds is 7. The number of hydrogen-bond donors (Lipinski definition) is 3. The monoisotopic (exact) mass is 491 g/mol. The number of H-pyrrole nitrogens is 1. The van der Waals surface area contributed by atoms with E-state index in [4.69, 9.17) is 23.2 Å². The Morgan fingerprint density at radius 1 is 0.967 bits per heavy atom. The fourth-order valence-corrected chi connectivity index (χ4v) is 5.16. The van der Waals surface area contributed by atoms with Gasteiger partial charge in [0.2, 0.25) is 10.0 Å². The van der Waals surface area contributed by atoms with E-state index in [0.29, 0.717) is 20.9 Å². The molecule has 160 valence electrons. The minimum Gasteiger partial charge on any atom is -0.468 e. The van der Waals surface area contributed by atoms with Crippen LogP contribution in [0, 0.1) is 0 Å². The van der Waals surface area contributed by atoms with Gasteiger partial charge in [-0.15, -0.1) is 0 Å². The van der Waals surface area contributed by atoms with Crippen LogP contribution in [0.5, 0.6) is 0 Å². The molecule has 3 aromatic rings. The first-order valence-electron chi connectivity index (χ1n) is 8.19. The van der Waals surface area contributed by atoms with E-state index in [1.54, 1.807) is 0 Å². The van der Waals surface area contributed by atoms with Crippen LogP contribution in [-0.2, 0) is 29.6 Å². The summed E-state index contributed by atoms with van der Waals surface area (Å²) in [6.07, 6.45) is 1.48. The van der Waals surface area contributed by atoms with Crippen LogP contribution in [0.2, 0.25) is 10.0 Å². The van der Waals surface area contributed by atoms with E-state index in [0.717, 1.165) is 31.4 Å². The van der Waals surface area contributed by atoms with Crippen LogP contribution >= 0.6 is 23.2 Å². The molecule has 0 aliphatic rings. The fraction of sp³-hybridized carbons (Fsp3) is 0.118. The number of aromatic nitrogens is 1. The highest BCUT2D eigenvalue weighted by Gasteiger charge is 2.20. The van der Waals surface area contributed by atoms with Gasteiger partial charge < -0.3 is 9.72 Å². The van der Waals surface area contributed by atoms with E-state index >= 15 is 0 Å². The average Bonchev–Trinajstić information content (AvgIpc) is 3.11. The third kappa shape index (κ3) is 4.55. The molecule has 0 bridgehead atoms. The van der Waals surface area contributed by atoms with Crippen molar-refractivity contribution >= 4 is 65.8 Å². The first-order chi connectivity index (χ1) is 14.0. The number of halogens is 2. The van der Waals surface area contributed by atoms with Gasteiger partial charge in [-0.3, -0.25) is 9.52 Å². The largest absolute Gasteiger partial charge is 0.468 e. The van der Waals surface area contributed by atoms with Gasteiger partial charge in [0.05, 0.1) is 38.2 Å². The van der Waals surface area contributed by atoms with E-state index in [2.05, 4.69) is 19.2 Å². The first-order valence-corrected chi connectivity index (χ1v) is 11.9. The van der Waals surface area contributed by atoms with Gasteiger partial charge in [-0.1, -0.05) is 23.2 Å². The summed E-state index contributed by atoms with van der Waals surface area (Å²) in [5.41, 5.74) is 0.625. The van der Waals surface area contributed by atoms with Crippen molar-refractivity contribution in [3.8, 4) is 0 Å². The maximum Gasteiger partial charge on any atom is 0.320 e. The van der Waals surface area contributed by atoms with Gasteiger partial charge in [-0.05, 0) is 36.4 Å². The normalized spacial score (nSPS) is 12.1. The number of anilines is 1. The summed E-state index contributed by atoms with van der Waals surface area (Å²) in [7, 11) is -6.94. The highest BCUT2D eigenvalue weighted by atomic mass is 35.5. The van der Waals surface area contributed by atoms with Crippen molar-refractivity contribution in [2.24, 2.45) is 0 Å². The molecule has 0 unspecified atom stereocenters. The van der Waals surface area contributed by atoms with Crippen LogP contribution in [0.1, 0.15) is 0 Å². The second-order valence-corrected chi connectivity index (χ2v) is 10.2. The first kappa shape index (κ1) is 22.4. The Labute approximate surface area is 182 Å². The molecule has 0 saturated carbocycles. The third-order valence-electron chi connectivity index (χ3n) is 4.06. The Morgan fingerprint density at radius 3 is 2.17 bits per heavy atom. The molecule has 3 rings (SSSR count). The second kappa shape index (κ2) is 8.44. The van der Waals surface area contributed by atoms with Crippen molar-refractivity contribution in [1.82, 2.24) is 9.71 Å². The van der Waals surface area contributed by atoms with Gasteiger partial charge in [0, 0.05) is 11.6 Å². The molecule has 0 amide bonds. The topological polar surface area (TPSA) is 134 Å². The third-order valence-corrected chi connectivity index (χ3v) is 7.47. The van der Waals surface area contributed by atoms with Crippen LogP contribution in [0.25, 0.3) is 10.9 Å². The van der Waals surface area contributed by atoms with Gasteiger partial charge in [-0.2, -0.15) is 4.72 Å². The minimum absolute atomic E-state index is 0.171. The summed E-state index contributed by atoms with van der Waals surface area (Å²) in [6.45, 7) is -0.550. The minimum atomic E-state index is -4.05. The maximum atomic E-state index is 12.7. The van der Waals surface area contributed by atoms with E-state index in [1.165, 1.54) is 18.3 Å². The number of methoxy groups -OCH3 is 1. The summed E-state index contributed by atoms with van der Waals surface area (Å²) >= 11 is 12.2. The van der Waals surface area contributed by atoms with Crippen LogP contribution in [0.15, 0.2) is 52.4 Å². The molecule has 0 spiro atoms. The van der Waals surface area contributed by atoms with Gasteiger partial charge in [0.15, 0.2) is 0 Å². The van der Waals surface area contributed by atoms with E-state index in [9.17, 15) is 21.6 Å². The average molecular weight is 492 g/mol. The molecular formula is C17H15Cl2N3O6S2. The van der Waals surface area contributed by atoms with Gasteiger partial charge in [0.25, 0.3) is 10.0 Å². The zero-order valence-electron chi connectivity index (χ0n) is 15.3. The lowest BCUT2D eigenvalue weighted by Gasteiger charge is -2.11. The number of carbonyl (C=O) groups excluding carboxylic acids is 1. The summed E-state index contributed by atoms with van der Waals surface area (Å²) in [4.78, 5) is 13.6. The summed E-state index contributed by atoms with van der Waals surface area (Å²) in [6, 6.07) is 7.46.